The van der Waals surface area contributed by atoms with E-state index in [2.05, 4.69) is 5.32 Å². The fourth-order valence-electron chi connectivity index (χ4n) is 3.41. The molecule has 1 aromatic rings. The third-order valence-corrected chi connectivity index (χ3v) is 4.80. The molecule has 1 heterocycles. The fraction of sp³-hybridized carbons (Fsp3) is 0.588. The molecule has 2 aliphatic rings. The highest BCUT2D eigenvalue weighted by Gasteiger charge is 2.37. The summed E-state index contributed by atoms with van der Waals surface area (Å²) in [6.45, 7) is 2.65. The predicted octanol–water partition coefficient (Wildman–Crippen LogP) is 3.74. The number of nitrogens with one attached hydrogen (secondary N) is 1. The van der Waals surface area contributed by atoms with E-state index in [1.54, 1.807) is 6.07 Å². The Morgan fingerprint density at radius 3 is 2.86 bits per heavy atom. The number of halogens is 1. The second kappa shape index (κ2) is 5.66. The minimum Gasteiger partial charge on any atom is -0.493 e. The molecule has 4 heteroatoms. The molecule has 3 nitrogen and oxygen atoms in total. The van der Waals surface area contributed by atoms with Crippen molar-refractivity contribution in [2.24, 2.45) is 5.41 Å². The first-order valence-electron chi connectivity index (χ1n) is 7.82. The number of carbonyl (C=O) groups is 1. The van der Waals surface area contributed by atoms with Crippen molar-refractivity contribution in [2.45, 2.75) is 51.5 Å². The van der Waals surface area contributed by atoms with E-state index in [9.17, 15) is 9.18 Å². The smallest absolute Gasteiger partial charge is 0.226 e. The fourth-order valence-corrected chi connectivity index (χ4v) is 3.41. The highest BCUT2D eigenvalue weighted by molar-refractivity contribution is 5.83. The molecular weight excluding hydrogens is 269 g/mol. The molecule has 1 saturated carbocycles. The lowest BCUT2D eigenvalue weighted by Crippen LogP contribution is -2.39. The number of fused-ring (bicyclic) bond motifs is 1. The van der Waals surface area contributed by atoms with Crippen LogP contribution in [0.3, 0.4) is 0 Å². The zero-order valence-corrected chi connectivity index (χ0v) is 12.5. The van der Waals surface area contributed by atoms with Crippen molar-refractivity contribution in [3.63, 3.8) is 0 Å². The summed E-state index contributed by atoms with van der Waals surface area (Å²) in [5.74, 6) is 0.503. The van der Waals surface area contributed by atoms with Crippen LogP contribution >= 0.6 is 0 Å². The second-order valence-electron chi connectivity index (χ2n) is 6.47. The first-order valence-corrected chi connectivity index (χ1v) is 7.82. The highest BCUT2D eigenvalue weighted by Crippen LogP contribution is 2.39. The van der Waals surface area contributed by atoms with Crippen molar-refractivity contribution >= 4 is 5.91 Å². The van der Waals surface area contributed by atoms with Crippen LogP contribution in [0.4, 0.5) is 4.39 Å². The largest absolute Gasteiger partial charge is 0.493 e. The Balaban J connectivity index is 1.82. The molecule has 0 saturated heterocycles. The molecule has 1 aliphatic carbocycles. The molecule has 1 atom stereocenters. The maximum absolute atomic E-state index is 13.5. The van der Waals surface area contributed by atoms with Gasteiger partial charge in [-0.15, -0.1) is 0 Å². The van der Waals surface area contributed by atoms with Crippen LogP contribution in [0.15, 0.2) is 18.2 Å². The summed E-state index contributed by atoms with van der Waals surface area (Å²) in [4.78, 5) is 12.6. The maximum Gasteiger partial charge on any atom is 0.226 e. The number of hydrogen-bond donors (Lipinski definition) is 1. The molecule has 1 fully saturated rings. The lowest BCUT2D eigenvalue weighted by atomic mass is 9.87. The SMILES string of the molecule is CC1(C(=O)NC2CCCOc3ccc(F)cc32)CCCC1. The molecule has 1 N–H and O–H groups in total. The molecule has 114 valence electrons. The average Bonchev–Trinajstić information content (AvgIpc) is 2.82. The van der Waals surface area contributed by atoms with E-state index >= 15 is 0 Å². The first kappa shape index (κ1) is 14.4. The van der Waals surface area contributed by atoms with Crippen LogP contribution in [0.1, 0.15) is 57.1 Å². The lowest BCUT2D eigenvalue weighted by Gasteiger charge is -2.26. The van der Waals surface area contributed by atoms with Crippen LogP contribution in [-0.4, -0.2) is 12.5 Å². The molecule has 0 radical (unpaired) electrons. The minimum absolute atomic E-state index is 0.0992. The van der Waals surface area contributed by atoms with Gasteiger partial charge in [0.25, 0.3) is 0 Å². The number of ether oxygens (including phenoxy) is 1. The molecule has 0 bridgehead atoms. The van der Waals surface area contributed by atoms with Gasteiger partial charge < -0.3 is 10.1 Å². The summed E-state index contributed by atoms with van der Waals surface area (Å²) in [6, 6.07) is 4.40. The van der Waals surface area contributed by atoms with Crippen LogP contribution in [0, 0.1) is 11.2 Å². The van der Waals surface area contributed by atoms with Crippen LogP contribution < -0.4 is 10.1 Å². The lowest BCUT2D eigenvalue weighted by molar-refractivity contribution is -0.130. The quantitative estimate of drug-likeness (QED) is 0.901. The highest BCUT2D eigenvalue weighted by atomic mass is 19.1. The number of rotatable bonds is 2. The molecule has 0 spiro atoms. The van der Waals surface area contributed by atoms with E-state index in [1.165, 1.54) is 12.1 Å². The third-order valence-electron chi connectivity index (χ3n) is 4.80. The van der Waals surface area contributed by atoms with Gasteiger partial charge in [0, 0.05) is 11.0 Å². The van der Waals surface area contributed by atoms with E-state index in [4.69, 9.17) is 4.74 Å². The van der Waals surface area contributed by atoms with Gasteiger partial charge in [-0.2, -0.15) is 0 Å². The Bertz CT molecular complexity index is 538. The van der Waals surface area contributed by atoms with E-state index < -0.39 is 0 Å². The topological polar surface area (TPSA) is 38.3 Å². The molecule has 3 rings (SSSR count). The van der Waals surface area contributed by atoms with Crippen molar-refractivity contribution in [2.75, 3.05) is 6.61 Å². The maximum atomic E-state index is 13.5. The zero-order chi connectivity index (χ0) is 14.9. The third kappa shape index (κ3) is 2.89. The summed E-state index contributed by atoms with van der Waals surface area (Å²) < 4.78 is 19.2. The summed E-state index contributed by atoms with van der Waals surface area (Å²) in [5, 5.41) is 3.14. The summed E-state index contributed by atoms with van der Waals surface area (Å²) in [5.41, 5.74) is 0.503. The average molecular weight is 291 g/mol. The molecule has 0 aromatic heterocycles. The standard InChI is InChI=1S/C17H22FNO2/c1-17(8-2-3-9-17)16(20)19-14-5-4-10-21-15-7-6-12(18)11-13(14)15/h6-7,11,14H,2-5,8-10H2,1H3,(H,19,20). The summed E-state index contributed by atoms with van der Waals surface area (Å²) in [7, 11) is 0. The molecular formula is C17H22FNO2. The zero-order valence-electron chi connectivity index (χ0n) is 12.5. The number of amides is 1. The van der Waals surface area contributed by atoms with Crippen molar-refractivity contribution < 1.29 is 13.9 Å². The van der Waals surface area contributed by atoms with Crippen LogP contribution in [0.25, 0.3) is 0 Å². The minimum atomic E-state index is -0.287. The van der Waals surface area contributed by atoms with Gasteiger partial charge in [0.05, 0.1) is 12.6 Å². The van der Waals surface area contributed by atoms with Crippen molar-refractivity contribution in [1.82, 2.24) is 5.32 Å². The number of carbonyl (C=O) groups excluding carboxylic acids is 1. The van der Waals surface area contributed by atoms with Crippen molar-refractivity contribution in [3.8, 4) is 5.75 Å². The number of benzene rings is 1. The van der Waals surface area contributed by atoms with Gasteiger partial charge in [0.2, 0.25) is 5.91 Å². The predicted molar refractivity (Wildman–Crippen MR) is 78.6 cm³/mol. The van der Waals surface area contributed by atoms with Gasteiger partial charge in [-0.3, -0.25) is 4.79 Å². The first-order chi connectivity index (χ1) is 10.1. The van der Waals surface area contributed by atoms with E-state index in [-0.39, 0.29) is 23.2 Å². The van der Waals surface area contributed by atoms with Crippen LogP contribution in [0.5, 0.6) is 5.75 Å². The van der Waals surface area contributed by atoms with Crippen molar-refractivity contribution in [1.29, 1.82) is 0 Å². The van der Waals surface area contributed by atoms with E-state index in [0.29, 0.717) is 12.4 Å². The second-order valence-corrected chi connectivity index (χ2v) is 6.47. The van der Waals surface area contributed by atoms with Gasteiger partial charge in [-0.05, 0) is 43.9 Å². The van der Waals surface area contributed by atoms with Crippen molar-refractivity contribution in [3.05, 3.63) is 29.6 Å². The van der Waals surface area contributed by atoms with Gasteiger partial charge in [0.1, 0.15) is 11.6 Å². The Hall–Kier alpha value is -1.58. The van der Waals surface area contributed by atoms with Crippen LogP contribution in [0.2, 0.25) is 0 Å². The summed E-state index contributed by atoms with van der Waals surface area (Å²) in [6.07, 6.45) is 5.76. The van der Waals surface area contributed by atoms with Crippen LogP contribution in [-0.2, 0) is 4.79 Å². The monoisotopic (exact) mass is 291 g/mol. The molecule has 1 amide bonds. The Labute approximate surface area is 124 Å². The Morgan fingerprint density at radius 2 is 2.10 bits per heavy atom. The molecule has 1 unspecified atom stereocenters. The summed E-state index contributed by atoms with van der Waals surface area (Å²) >= 11 is 0. The van der Waals surface area contributed by atoms with Gasteiger partial charge in [0.15, 0.2) is 0 Å². The van der Waals surface area contributed by atoms with E-state index in [0.717, 1.165) is 44.1 Å². The van der Waals surface area contributed by atoms with Gasteiger partial charge in [-0.25, -0.2) is 4.39 Å². The van der Waals surface area contributed by atoms with E-state index in [1.807, 2.05) is 6.92 Å². The molecule has 21 heavy (non-hydrogen) atoms. The molecule has 1 aromatic carbocycles. The van der Waals surface area contributed by atoms with Gasteiger partial charge >= 0.3 is 0 Å². The van der Waals surface area contributed by atoms with Gasteiger partial charge in [-0.1, -0.05) is 19.8 Å². The normalized spacial score (nSPS) is 23.8. The molecule has 1 aliphatic heterocycles. The number of hydrogen-bond acceptors (Lipinski definition) is 2. The Morgan fingerprint density at radius 1 is 1.33 bits per heavy atom. The Kier molecular flexibility index (Phi) is 3.87.